The Balaban J connectivity index is 1.09. The van der Waals surface area contributed by atoms with Gasteiger partial charge in [-0.05, 0) is 80.5 Å². The van der Waals surface area contributed by atoms with Gasteiger partial charge in [0.25, 0.3) is 11.5 Å². The van der Waals surface area contributed by atoms with E-state index in [2.05, 4.69) is 38.9 Å². The van der Waals surface area contributed by atoms with Gasteiger partial charge in [-0.15, -0.1) is 11.3 Å². The topological polar surface area (TPSA) is 145 Å². The largest absolute Gasteiger partial charge is 0.392 e. The number of benzene rings is 1. The molecule has 2 amide bonds. The van der Waals surface area contributed by atoms with E-state index < -0.39 is 0 Å². The van der Waals surface area contributed by atoms with Crippen molar-refractivity contribution in [2.75, 3.05) is 59.8 Å². The van der Waals surface area contributed by atoms with Gasteiger partial charge in [-0.25, -0.2) is 9.97 Å². The first-order chi connectivity index (χ1) is 25.7. The number of aromatic nitrogens is 3. The molecule has 6 heterocycles. The van der Waals surface area contributed by atoms with Crippen LogP contribution in [0.15, 0.2) is 54.1 Å². The predicted molar refractivity (Wildman–Crippen MR) is 207 cm³/mol. The maximum atomic E-state index is 13.9. The Morgan fingerprint density at radius 1 is 1.11 bits per heavy atom. The molecule has 0 radical (unpaired) electrons. The van der Waals surface area contributed by atoms with Crippen molar-refractivity contribution in [1.29, 1.82) is 0 Å². The van der Waals surface area contributed by atoms with Gasteiger partial charge in [0, 0.05) is 73.4 Å². The quantitative estimate of drug-likeness (QED) is 0.213. The third-order valence-corrected chi connectivity index (χ3v) is 12.2. The summed E-state index contributed by atoms with van der Waals surface area (Å²) in [6.45, 7) is 9.98. The minimum atomic E-state index is -0.377. The molecule has 1 atom stereocenters. The number of nitrogens with one attached hydrogen (secondary N) is 2. The summed E-state index contributed by atoms with van der Waals surface area (Å²) >= 11 is 1.61. The van der Waals surface area contributed by atoms with Crippen molar-refractivity contribution >= 4 is 51.8 Å². The number of hydrogen-bond acceptors (Lipinski definition) is 11. The Kier molecular flexibility index (Phi) is 9.62. The normalized spacial score (nSPS) is 19.0. The van der Waals surface area contributed by atoms with Crippen molar-refractivity contribution in [3.05, 3.63) is 86.1 Å². The van der Waals surface area contributed by atoms with Crippen molar-refractivity contribution in [2.24, 2.45) is 7.05 Å². The van der Waals surface area contributed by atoms with Crippen LogP contribution in [0.3, 0.4) is 0 Å². The van der Waals surface area contributed by atoms with E-state index >= 15 is 0 Å². The van der Waals surface area contributed by atoms with Gasteiger partial charge in [-0.3, -0.25) is 24.2 Å². The number of aliphatic hydroxyl groups excluding tert-OH is 1. The van der Waals surface area contributed by atoms with Crippen LogP contribution in [0.4, 0.5) is 28.7 Å². The maximum absolute atomic E-state index is 13.9. The number of amides is 2. The predicted octanol–water partition coefficient (Wildman–Crippen LogP) is 4.26. The average molecular weight is 737 g/mol. The van der Waals surface area contributed by atoms with Crippen molar-refractivity contribution in [1.82, 2.24) is 19.4 Å². The van der Waals surface area contributed by atoms with Gasteiger partial charge in [0.1, 0.15) is 5.82 Å². The van der Waals surface area contributed by atoms with Crippen LogP contribution in [-0.2, 0) is 42.4 Å². The van der Waals surface area contributed by atoms with Gasteiger partial charge in [0.2, 0.25) is 5.91 Å². The summed E-state index contributed by atoms with van der Waals surface area (Å²) in [6, 6.07) is 8.00. The molecule has 14 heteroatoms. The van der Waals surface area contributed by atoms with Crippen molar-refractivity contribution in [3.8, 4) is 11.3 Å². The second kappa shape index (κ2) is 14.5. The fraction of sp³-hybridized carbons (Fsp3) is 0.410. The molecule has 53 heavy (non-hydrogen) atoms. The molecule has 3 aromatic heterocycles. The summed E-state index contributed by atoms with van der Waals surface area (Å²) in [6.07, 6.45) is 9.56. The highest BCUT2D eigenvalue weighted by Gasteiger charge is 2.35. The monoisotopic (exact) mass is 736 g/mol. The Morgan fingerprint density at radius 2 is 1.94 bits per heavy atom. The lowest BCUT2D eigenvalue weighted by molar-refractivity contribution is -0.111. The Hall–Kier alpha value is -4.89. The molecule has 2 saturated heterocycles. The Labute approximate surface area is 311 Å². The van der Waals surface area contributed by atoms with E-state index in [0.717, 1.165) is 75.5 Å². The van der Waals surface area contributed by atoms with Crippen LogP contribution in [0.25, 0.3) is 11.3 Å². The minimum Gasteiger partial charge on any atom is -0.392 e. The van der Waals surface area contributed by atoms with Crippen LogP contribution in [0, 0.1) is 0 Å². The number of nitrogens with zero attached hydrogens (tertiary/aromatic N) is 6. The number of piperazine rings is 1. The lowest BCUT2D eigenvalue weighted by Crippen LogP contribution is -2.59. The minimum absolute atomic E-state index is 0.0635. The lowest BCUT2D eigenvalue weighted by atomic mass is 9.92. The summed E-state index contributed by atoms with van der Waals surface area (Å²) in [7, 11) is 1.64. The molecule has 0 spiro atoms. The summed E-state index contributed by atoms with van der Waals surface area (Å²) < 4.78 is 6.85. The number of fused-ring (bicyclic) bond motifs is 3. The first-order valence-electron chi connectivity index (χ1n) is 18.3. The standard InChI is InChI=1S/C39H44N8O5S/c1-4-34(49)42-30-17-24(9-10-32(30)46-16-15-45(18-23(46)2)25-21-52-22-25)41-36-39(51)44(3)19-31(43-36)26-11-13-40-37(29(26)20-48)47-14-12-28-27-7-5-6-8-33(27)53-35(28)38(47)50/h4,9-11,13,17,19,23,25,48H,1,5-8,12,14-16,18,20-22H2,2-3H3,(H,41,43)(H,42,49). The van der Waals surface area contributed by atoms with E-state index in [-0.39, 0.29) is 35.8 Å². The number of pyridine rings is 1. The SMILES string of the molecule is C=CC(=O)Nc1cc(Nc2nc(-c3ccnc(N4CCc5c(sc6c5CCCC6)C4=O)c3CO)cn(C)c2=O)ccc1N1CCN(C2COC2)CC1C. The van der Waals surface area contributed by atoms with E-state index in [1.54, 1.807) is 47.8 Å². The maximum Gasteiger partial charge on any atom is 0.293 e. The number of rotatable bonds is 9. The van der Waals surface area contributed by atoms with Gasteiger partial charge in [0.05, 0.1) is 47.8 Å². The summed E-state index contributed by atoms with van der Waals surface area (Å²) in [5.41, 5.74) is 5.65. The molecule has 276 valence electrons. The van der Waals surface area contributed by atoms with E-state index in [4.69, 9.17) is 9.72 Å². The van der Waals surface area contributed by atoms with Crippen LogP contribution in [-0.4, -0.2) is 87.8 Å². The molecule has 2 fully saturated rings. The first kappa shape index (κ1) is 35.2. The third kappa shape index (κ3) is 6.54. The molecule has 8 rings (SSSR count). The zero-order valence-electron chi connectivity index (χ0n) is 30.1. The van der Waals surface area contributed by atoms with E-state index in [1.165, 1.54) is 26.6 Å². The van der Waals surface area contributed by atoms with Gasteiger partial charge >= 0.3 is 0 Å². The molecule has 4 aliphatic rings. The smallest absolute Gasteiger partial charge is 0.293 e. The number of anilines is 5. The van der Waals surface area contributed by atoms with Crippen molar-refractivity contribution in [3.63, 3.8) is 0 Å². The Morgan fingerprint density at radius 3 is 2.70 bits per heavy atom. The number of aryl methyl sites for hydroxylation is 2. The summed E-state index contributed by atoms with van der Waals surface area (Å²) in [4.78, 5) is 57.8. The number of hydrogen-bond donors (Lipinski definition) is 3. The highest BCUT2D eigenvalue weighted by molar-refractivity contribution is 7.14. The van der Waals surface area contributed by atoms with E-state index in [1.807, 2.05) is 12.1 Å². The molecular formula is C39H44N8O5S. The Bertz CT molecular complexity index is 2160. The van der Waals surface area contributed by atoms with Crippen LogP contribution < -0.4 is 26.0 Å². The second-order valence-electron chi connectivity index (χ2n) is 14.2. The zero-order chi connectivity index (χ0) is 36.8. The van der Waals surface area contributed by atoms with Crippen molar-refractivity contribution in [2.45, 2.75) is 57.7 Å². The van der Waals surface area contributed by atoms with Gasteiger partial charge in [-0.1, -0.05) is 6.58 Å². The summed E-state index contributed by atoms with van der Waals surface area (Å²) in [5, 5.41) is 16.9. The molecule has 0 bridgehead atoms. The number of thiophene rings is 1. The van der Waals surface area contributed by atoms with Gasteiger partial charge in [0.15, 0.2) is 5.82 Å². The van der Waals surface area contributed by atoms with E-state index in [0.29, 0.717) is 46.6 Å². The lowest BCUT2D eigenvalue weighted by Gasteiger charge is -2.46. The number of carbonyl (C=O) groups excluding carboxylic acids is 2. The van der Waals surface area contributed by atoms with Gasteiger partial charge in [-0.2, -0.15) is 0 Å². The van der Waals surface area contributed by atoms with Crippen LogP contribution in [0.5, 0.6) is 0 Å². The van der Waals surface area contributed by atoms with Crippen LogP contribution >= 0.6 is 11.3 Å². The van der Waals surface area contributed by atoms with Crippen molar-refractivity contribution < 1.29 is 19.4 Å². The molecule has 13 nitrogen and oxygen atoms in total. The molecule has 1 aliphatic carbocycles. The fourth-order valence-corrected chi connectivity index (χ4v) is 9.43. The van der Waals surface area contributed by atoms with E-state index in [9.17, 15) is 19.5 Å². The van der Waals surface area contributed by atoms with Gasteiger partial charge < -0.3 is 29.9 Å². The summed E-state index contributed by atoms with van der Waals surface area (Å²) in [5.74, 6) is 0.0253. The average Bonchev–Trinajstić information content (AvgIpc) is 3.53. The second-order valence-corrected chi connectivity index (χ2v) is 15.3. The number of carbonyl (C=O) groups is 2. The molecule has 3 aliphatic heterocycles. The van der Waals surface area contributed by atoms with Crippen LogP contribution in [0.2, 0.25) is 0 Å². The molecule has 0 saturated carbocycles. The molecular weight excluding hydrogens is 693 g/mol. The highest BCUT2D eigenvalue weighted by atomic mass is 32.1. The fourth-order valence-electron chi connectivity index (χ4n) is 8.04. The zero-order valence-corrected chi connectivity index (χ0v) is 30.9. The number of aliphatic hydroxyl groups is 1. The highest BCUT2D eigenvalue weighted by Crippen LogP contribution is 2.40. The molecule has 1 aromatic carbocycles. The molecule has 4 aromatic rings. The number of ether oxygens (including phenoxy) is 1. The first-order valence-corrected chi connectivity index (χ1v) is 19.1. The molecule has 1 unspecified atom stereocenters. The third-order valence-electron chi connectivity index (χ3n) is 10.9. The molecule has 3 N–H and O–H groups in total. The van der Waals surface area contributed by atoms with Crippen LogP contribution in [0.1, 0.15) is 51.0 Å².